The second-order valence-corrected chi connectivity index (χ2v) is 3.94. The van der Waals surface area contributed by atoms with Gasteiger partial charge < -0.3 is 14.4 Å². The van der Waals surface area contributed by atoms with Gasteiger partial charge in [-0.15, -0.1) is 0 Å². The van der Waals surface area contributed by atoms with E-state index < -0.39 is 0 Å². The van der Waals surface area contributed by atoms with Crippen molar-refractivity contribution < 1.29 is 9.47 Å². The third-order valence-electron chi connectivity index (χ3n) is 2.47. The molecule has 0 unspecified atom stereocenters. The Hall–Kier alpha value is -1.06. The fourth-order valence-electron chi connectivity index (χ4n) is 1.64. The highest BCUT2D eigenvalue weighted by Gasteiger charge is 2.01. The summed E-state index contributed by atoms with van der Waals surface area (Å²) in [6, 6.07) is 8.19. The first kappa shape index (κ1) is 13.0. The second-order valence-electron chi connectivity index (χ2n) is 3.94. The Morgan fingerprint density at radius 2 is 2.06 bits per heavy atom. The quantitative estimate of drug-likeness (QED) is 0.661. The van der Waals surface area contributed by atoms with E-state index in [0.29, 0.717) is 0 Å². The molecule has 3 nitrogen and oxygen atoms in total. The van der Waals surface area contributed by atoms with E-state index >= 15 is 0 Å². The molecule has 0 aliphatic rings. The van der Waals surface area contributed by atoms with Crippen molar-refractivity contribution in [3.8, 4) is 5.75 Å². The molecule has 1 aromatic rings. The standard InChI is InChI=1S/C13H21NO2/c1-14(8-5-9-15-2)11-12-6-4-7-13(10-12)16-3/h4,6-7,10H,5,8-9,11H2,1-3H3. The van der Waals surface area contributed by atoms with Crippen LogP contribution in [0.15, 0.2) is 24.3 Å². The van der Waals surface area contributed by atoms with Crippen molar-refractivity contribution in [2.24, 2.45) is 0 Å². The molecule has 0 aromatic heterocycles. The van der Waals surface area contributed by atoms with Gasteiger partial charge >= 0.3 is 0 Å². The maximum absolute atomic E-state index is 5.20. The highest BCUT2D eigenvalue weighted by molar-refractivity contribution is 5.28. The predicted octanol–water partition coefficient (Wildman–Crippen LogP) is 2.16. The van der Waals surface area contributed by atoms with E-state index in [2.05, 4.69) is 24.1 Å². The zero-order valence-corrected chi connectivity index (χ0v) is 10.4. The van der Waals surface area contributed by atoms with Crippen LogP contribution in [0.25, 0.3) is 0 Å². The van der Waals surface area contributed by atoms with Gasteiger partial charge in [0, 0.05) is 26.8 Å². The largest absolute Gasteiger partial charge is 0.497 e. The summed E-state index contributed by atoms with van der Waals surface area (Å²) < 4.78 is 10.2. The van der Waals surface area contributed by atoms with Crippen LogP contribution in [-0.2, 0) is 11.3 Å². The minimum absolute atomic E-state index is 0.822. The van der Waals surface area contributed by atoms with Crippen molar-refractivity contribution >= 4 is 0 Å². The Labute approximate surface area is 98.0 Å². The van der Waals surface area contributed by atoms with Gasteiger partial charge in [0.25, 0.3) is 0 Å². The Bertz CT molecular complexity index is 302. The molecule has 0 radical (unpaired) electrons. The smallest absolute Gasteiger partial charge is 0.119 e. The minimum atomic E-state index is 0.822. The molecular weight excluding hydrogens is 202 g/mol. The van der Waals surface area contributed by atoms with Crippen LogP contribution in [-0.4, -0.2) is 39.3 Å². The van der Waals surface area contributed by atoms with E-state index in [1.54, 1.807) is 14.2 Å². The molecule has 0 amide bonds. The molecule has 0 heterocycles. The van der Waals surface area contributed by atoms with Gasteiger partial charge in [-0.2, -0.15) is 0 Å². The second kappa shape index (κ2) is 7.25. The van der Waals surface area contributed by atoms with Crippen LogP contribution in [0.4, 0.5) is 0 Å². The lowest BCUT2D eigenvalue weighted by Crippen LogP contribution is -2.20. The van der Waals surface area contributed by atoms with Gasteiger partial charge in [-0.05, 0) is 31.2 Å². The van der Waals surface area contributed by atoms with Crippen molar-refractivity contribution in [2.45, 2.75) is 13.0 Å². The van der Waals surface area contributed by atoms with Crippen molar-refractivity contribution in [2.75, 3.05) is 34.4 Å². The molecule has 16 heavy (non-hydrogen) atoms. The third kappa shape index (κ3) is 4.64. The molecule has 0 saturated carbocycles. The van der Waals surface area contributed by atoms with Gasteiger partial charge in [-0.1, -0.05) is 12.1 Å². The topological polar surface area (TPSA) is 21.7 Å². The van der Waals surface area contributed by atoms with E-state index in [1.807, 2.05) is 12.1 Å². The summed E-state index contributed by atoms with van der Waals surface area (Å²) >= 11 is 0. The van der Waals surface area contributed by atoms with Crippen LogP contribution < -0.4 is 4.74 Å². The van der Waals surface area contributed by atoms with E-state index in [9.17, 15) is 0 Å². The van der Waals surface area contributed by atoms with E-state index in [4.69, 9.17) is 9.47 Å². The Morgan fingerprint density at radius 3 is 2.75 bits per heavy atom. The van der Waals surface area contributed by atoms with Gasteiger partial charge in [-0.3, -0.25) is 0 Å². The summed E-state index contributed by atoms with van der Waals surface area (Å²) in [6.45, 7) is 2.81. The summed E-state index contributed by atoms with van der Waals surface area (Å²) in [6.07, 6.45) is 1.07. The van der Waals surface area contributed by atoms with Crippen LogP contribution in [0.3, 0.4) is 0 Å². The fraction of sp³-hybridized carbons (Fsp3) is 0.538. The first-order chi connectivity index (χ1) is 7.76. The maximum atomic E-state index is 5.20. The lowest BCUT2D eigenvalue weighted by atomic mass is 10.2. The van der Waals surface area contributed by atoms with Crippen molar-refractivity contribution in [1.29, 1.82) is 0 Å². The monoisotopic (exact) mass is 223 g/mol. The van der Waals surface area contributed by atoms with Crippen LogP contribution in [0.1, 0.15) is 12.0 Å². The molecule has 1 aromatic carbocycles. The van der Waals surface area contributed by atoms with Crippen LogP contribution >= 0.6 is 0 Å². The first-order valence-corrected chi connectivity index (χ1v) is 5.56. The van der Waals surface area contributed by atoms with Gasteiger partial charge in [0.1, 0.15) is 5.75 Å². The van der Waals surface area contributed by atoms with Crippen molar-refractivity contribution in [1.82, 2.24) is 4.90 Å². The molecule has 1 rings (SSSR count). The van der Waals surface area contributed by atoms with Gasteiger partial charge in [-0.25, -0.2) is 0 Å². The third-order valence-corrected chi connectivity index (χ3v) is 2.47. The minimum Gasteiger partial charge on any atom is -0.497 e. The SMILES string of the molecule is COCCCN(C)Cc1cccc(OC)c1. The summed E-state index contributed by atoms with van der Waals surface area (Å²) in [5.41, 5.74) is 1.28. The fourth-order valence-corrected chi connectivity index (χ4v) is 1.64. The van der Waals surface area contributed by atoms with E-state index in [0.717, 1.165) is 31.9 Å². The molecule has 0 bridgehead atoms. The summed E-state index contributed by atoms with van der Waals surface area (Å²) in [4.78, 5) is 2.29. The zero-order valence-electron chi connectivity index (χ0n) is 10.4. The number of nitrogens with zero attached hydrogens (tertiary/aromatic N) is 1. The Balaban J connectivity index is 2.39. The number of hydrogen-bond acceptors (Lipinski definition) is 3. The molecule has 0 N–H and O–H groups in total. The molecule has 0 aliphatic heterocycles. The Kier molecular flexibility index (Phi) is 5.90. The molecule has 0 saturated heterocycles. The van der Waals surface area contributed by atoms with Crippen LogP contribution in [0, 0.1) is 0 Å². The van der Waals surface area contributed by atoms with E-state index in [1.165, 1.54) is 5.56 Å². The summed E-state index contributed by atoms with van der Waals surface area (Å²) in [5.74, 6) is 0.919. The highest BCUT2D eigenvalue weighted by atomic mass is 16.5. The molecular formula is C13H21NO2. The normalized spacial score (nSPS) is 10.8. The highest BCUT2D eigenvalue weighted by Crippen LogP contribution is 2.13. The number of hydrogen-bond donors (Lipinski definition) is 0. The van der Waals surface area contributed by atoms with Gasteiger partial charge in [0.05, 0.1) is 7.11 Å². The lowest BCUT2D eigenvalue weighted by molar-refractivity contribution is 0.178. The average molecular weight is 223 g/mol. The van der Waals surface area contributed by atoms with Gasteiger partial charge in [0.15, 0.2) is 0 Å². The van der Waals surface area contributed by atoms with Crippen LogP contribution in [0.2, 0.25) is 0 Å². The molecule has 0 fully saturated rings. The number of methoxy groups -OCH3 is 2. The predicted molar refractivity (Wildman–Crippen MR) is 65.8 cm³/mol. The molecule has 0 aliphatic carbocycles. The van der Waals surface area contributed by atoms with Gasteiger partial charge in [0.2, 0.25) is 0 Å². The van der Waals surface area contributed by atoms with E-state index in [-0.39, 0.29) is 0 Å². The summed E-state index contributed by atoms with van der Waals surface area (Å²) in [5, 5.41) is 0. The summed E-state index contributed by atoms with van der Waals surface area (Å²) in [7, 11) is 5.55. The zero-order chi connectivity index (χ0) is 11.8. The average Bonchev–Trinajstić information content (AvgIpc) is 2.29. The van der Waals surface area contributed by atoms with Crippen molar-refractivity contribution in [3.05, 3.63) is 29.8 Å². The van der Waals surface area contributed by atoms with Crippen molar-refractivity contribution in [3.63, 3.8) is 0 Å². The number of benzene rings is 1. The molecule has 0 spiro atoms. The molecule has 0 atom stereocenters. The maximum Gasteiger partial charge on any atom is 0.119 e. The first-order valence-electron chi connectivity index (χ1n) is 5.56. The number of rotatable bonds is 7. The van der Waals surface area contributed by atoms with Crippen LogP contribution in [0.5, 0.6) is 5.75 Å². The molecule has 3 heteroatoms. The Morgan fingerprint density at radius 1 is 1.25 bits per heavy atom. The lowest BCUT2D eigenvalue weighted by Gasteiger charge is -2.16. The molecule has 90 valence electrons. The number of ether oxygens (including phenoxy) is 2.